The number of aliphatic hydroxyl groups is 1. The third-order valence-electron chi connectivity index (χ3n) is 8.79. The molecule has 36 heavy (non-hydrogen) atoms. The zero-order valence-corrected chi connectivity index (χ0v) is 20.8. The van der Waals surface area contributed by atoms with E-state index in [0.29, 0.717) is 38.7 Å². The average Bonchev–Trinajstić information content (AvgIpc) is 3.14. The maximum absolute atomic E-state index is 12.8. The van der Waals surface area contributed by atoms with E-state index in [4.69, 9.17) is 4.74 Å². The molecule has 0 atom stereocenters. The molecule has 1 aliphatic carbocycles. The minimum Gasteiger partial charge on any atom is -0.491 e. The number of aromatic nitrogens is 1. The minimum absolute atomic E-state index is 0.0251. The molecule has 190 valence electrons. The number of fused-ring (bicyclic) bond motifs is 3. The number of piperidine rings is 1. The van der Waals surface area contributed by atoms with Crippen molar-refractivity contribution in [2.24, 2.45) is 0 Å². The summed E-state index contributed by atoms with van der Waals surface area (Å²) in [7, 11) is 0. The highest BCUT2D eigenvalue weighted by molar-refractivity contribution is 6.06. The predicted molar refractivity (Wildman–Crippen MR) is 136 cm³/mol. The highest BCUT2D eigenvalue weighted by Crippen LogP contribution is 2.45. The number of carbonyl (C=O) groups is 2. The molecule has 1 saturated heterocycles. The van der Waals surface area contributed by atoms with E-state index in [1.54, 1.807) is 11.1 Å². The molecule has 1 aromatic carbocycles. The van der Waals surface area contributed by atoms with E-state index in [9.17, 15) is 14.7 Å². The van der Waals surface area contributed by atoms with Gasteiger partial charge in [-0.05, 0) is 74.9 Å². The number of hydrogen-bond acceptors (Lipinski definition) is 6. The molecule has 3 aliphatic heterocycles. The number of amides is 2. The van der Waals surface area contributed by atoms with Crippen molar-refractivity contribution in [2.45, 2.75) is 68.9 Å². The van der Waals surface area contributed by atoms with Crippen LogP contribution in [0.3, 0.4) is 0 Å². The van der Waals surface area contributed by atoms with Gasteiger partial charge in [-0.3, -0.25) is 19.4 Å². The first-order chi connectivity index (χ1) is 17.4. The smallest absolute Gasteiger partial charge is 0.235 e. The first-order valence-corrected chi connectivity index (χ1v) is 13.2. The number of anilines is 2. The zero-order valence-electron chi connectivity index (χ0n) is 20.8. The maximum atomic E-state index is 12.8. The molecule has 2 amide bonds. The lowest BCUT2D eigenvalue weighted by Crippen LogP contribution is -2.58. The van der Waals surface area contributed by atoms with Crippen LogP contribution in [-0.4, -0.2) is 64.7 Å². The van der Waals surface area contributed by atoms with Gasteiger partial charge in [-0.2, -0.15) is 0 Å². The number of pyridine rings is 1. The summed E-state index contributed by atoms with van der Waals surface area (Å²) in [5, 5.41) is 13.5. The molecule has 2 N–H and O–H groups in total. The van der Waals surface area contributed by atoms with E-state index in [1.807, 2.05) is 31.2 Å². The Morgan fingerprint density at radius 2 is 1.94 bits per heavy atom. The Hall–Kier alpha value is -2.97. The van der Waals surface area contributed by atoms with Gasteiger partial charge in [0.15, 0.2) is 0 Å². The number of rotatable bonds is 6. The Kier molecular flexibility index (Phi) is 5.76. The number of aryl methyl sites for hydroxylation is 1. The van der Waals surface area contributed by atoms with E-state index < -0.39 is 11.0 Å². The van der Waals surface area contributed by atoms with Gasteiger partial charge < -0.3 is 15.2 Å². The molecule has 2 aromatic rings. The molecule has 2 fully saturated rings. The van der Waals surface area contributed by atoms with Crippen LogP contribution in [0.5, 0.6) is 5.75 Å². The standard InChI is InChI=1S/C28H34N4O4/c1-2-27(35)16-20(17-27)32-24(33)8-7-19-15-21(18-29-25(19)32)36-14-13-31-11-9-28(10-12-31)22-5-3-4-6-23(22)30-26(28)34/h3-6,15,18,20,35H,2,7-14,16-17H2,1H3,(H,30,34). The number of hydrogen-bond donors (Lipinski definition) is 2. The van der Waals surface area contributed by atoms with Crippen LogP contribution in [0.1, 0.15) is 56.6 Å². The third kappa shape index (κ3) is 3.87. The summed E-state index contributed by atoms with van der Waals surface area (Å²) in [6.45, 7) is 5.03. The van der Waals surface area contributed by atoms with Crippen LogP contribution < -0.4 is 15.0 Å². The van der Waals surface area contributed by atoms with E-state index >= 15 is 0 Å². The van der Waals surface area contributed by atoms with Gasteiger partial charge in [0, 0.05) is 24.7 Å². The summed E-state index contributed by atoms with van der Waals surface area (Å²) in [5.41, 5.74) is 2.08. The molecule has 1 spiro atoms. The molecule has 4 heterocycles. The molecular formula is C28H34N4O4. The lowest BCUT2D eigenvalue weighted by Gasteiger charge is -2.49. The Morgan fingerprint density at radius 3 is 2.72 bits per heavy atom. The zero-order chi connectivity index (χ0) is 24.9. The molecule has 8 nitrogen and oxygen atoms in total. The Balaban J connectivity index is 1.04. The van der Waals surface area contributed by atoms with E-state index in [1.165, 1.54) is 0 Å². The summed E-state index contributed by atoms with van der Waals surface area (Å²) in [6, 6.07) is 10.1. The van der Waals surface area contributed by atoms with Crippen LogP contribution in [0, 0.1) is 0 Å². The third-order valence-corrected chi connectivity index (χ3v) is 8.79. The molecule has 4 aliphatic rings. The molecule has 6 rings (SSSR count). The second-order valence-corrected chi connectivity index (χ2v) is 10.8. The molecule has 1 saturated carbocycles. The van der Waals surface area contributed by atoms with Crippen LogP contribution in [0.4, 0.5) is 11.5 Å². The van der Waals surface area contributed by atoms with Gasteiger partial charge in [0.1, 0.15) is 18.2 Å². The van der Waals surface area contributed by atoms with E-state index in [0.717, 1.165) is 60.9 Å². The first-order valence-electron chi connectivity index (χ1n) is 13.2. The number of nitrogens with one attached hydrogen (secondary N) is 1. The lowest BCUT2D eigenvalue weighted by atomic mass is 9.73. The van der Waals surface area contributed by atoms with Crippen molar-refractivity contribution in [3.8, 4) is 5.75 Å². The monoisotopic (exact) mass is 490 g/mol. The average molecular weight is 491 g/mol. The Bertz CT molecular complexity index is 1180. The summed E-state index contributed by atoms with van der Waals surface area (Å²) in [4.78, 5) is 34.2. The van der Waals surface area contributed by atoms with Crippen LogP contribution >= 0.6 is 0 Å². The second-order valence-electron chi connectivity index (χ2n) is 10.8. The van der Waals surface area contributed by atoms with Crippen molar-refractivity contribution in [1.29, 1.82) is 0 Å². The molecule has 0 bridgehead atoms. The van der Waals surface area contributed by atoms with Crippen molar-refractivity contribution < 1.29 is 19.4 Å². The predicted octanol–water partition coefficient (Wildman–Crippen LogP) is 3.03. The van der Waals surface area contributed by atoms with Crippen LogP contribution in [0.2, 0.25) is 0 Å². The van der Waals surface area contributed by atoms with Gasteiger partial charge >= 0.3 is 0 Å². The number of ether oxygens (including phenoxy) is 1. The highest BCUT2D eigenvalue weighted by Gasteiger charge is 2.48. The number of likely N-dealkylation sites (tertiary alicyclic amines) is 1. The van der Waals surface area contributed by atoms with E-state index in [2.05, 4.69) is 21.3 Å². The SMILES string of the molecule is CCC1(O)CC(N2C(=O)CCc3cc(OCCN4CCC5(CC4)C(=O)Nc4ccccc45)cnc32)C1. The summed E-state index contributed by atoms with van der Waals surface area (Å²) >= 11 is 0. The van der Waals surface area contributed by atoms with Gasteiger partial charge in [-0.15, -0.1) is 0 Å². The molecular weight excluding hydrogens is 456 g/mol. The van der Waals surface area contributed by atoms with Crippen molar-refractivity contribution >= 4 is 23.3 Å². The van der Waals surface area contributed by atoms with Gasteiger partial charge in [0.25, 0.3) is 0 Å². The second kappa shape index (κ2) is 8.85. The molecule has 8 heteroatoms. The molecule has 0 unspecified atom stereocenters. The van der Waals surface area contributed by atoms with Crippen molar-refractivity contribution in [2.75, 3.05) is 36.5 Å². The fourth-order valence-electron chi connectivity index (χ4n) is 6.43. The van der Waals surface area contributed by atoms with Crippen molar-refractivity contribution in [3.63, 3.8) is 0 Å². The number of carbonyl (C=O) groups excluding carboxylic acids is 2. The first kappa shape index (κ1) is 23.4. The highest BCUT2D eigenvalue weighted by atomic mass is 16.5. The van der Waals surface area contributed by atoms with Crippen molar-refractivity contribution in [3.05, 3.63) is 47.7 Å². The lowest BCUT2D eigenvalue weighted by molar-refractivity contribution is -0.123. The van der Waals surface area contributed by atoms with E-state index in [-0.39, 0.29) is 17.9 Å². The van der Waals surface area contributed by atoms with Crippen LogP contribution in [-0.2, 0) is 21.4 Å². The quantitative estimate of drug-likeness (QED) is 0.647. The van der Waals surface area contributed by atoms with Crippen LogP contribution in [0.15, 0.2) is 36.5 Å². The largest absolute Gasteiger partial charge is 0.491 e. The van der Waals surface area contributed by atoms with Gasteiger partial charge in [-0.1, -0.05) is 25.1 Å². The number of nitrogens with zero attached hydrogens (tertiary/aromatic N) is 3. The van der Waals surface area contributed by atoms with Gasteiger partial charge in [-0.25, -0.2) is 4.98 Å². The topological polar surface area (TPSA) is 95.0 Å². The number of para-hydroxylation sites is 1. The number of benzene rings is 1. The summed E-state index contributed by atoms with van der Waals surface area (Å²) < 4.78 is 6.06. The fraction of sp³-hybridized carbons (Fsp3) is 0.536. The normalized spacial score (nSPS) is 26.8. The maximum Gasteiger partial charge on any atom is 0.235 e. The van der Waals surface area contributed by atoms with Crippen LogP contribution in [0.25, 0.3) is 0 Å². The molecule has 1 aromatic heterocycles. The Labute approximate surface area is 211 Å². The Morgan fingerprint density at radius 1 is 1.17 bits per heavy atom. The van der Waals surface area contributed by atoms with Gasteiger partial charge in [0.2, 0.25) is 11.8 Å². The molecule has 0 radical (unpaired) electrons. The van der Waals surface area contributed by atoms with Crippen molar-refractivity contribution in [1.82, 2.24) is 9.88 Å². The summed E-state index contributed by atoms with van der Waals surface area (Å²) in [6.07, 6.45) is 6.39. The fourth-order valence-corrected chi connectivity index (χ4v) is 6.43. The minimum atomic E-state index is -0.648. The summed E-state index contributed by atoms with van der Waals surface area (Å²) in [5.74, 6) is 1.67. The van der Waals surface area contributed by atoms with Gasteiger partial charge in [0.05, 0.1) is 17.2 Å².